The number of aliphatic carboxylic acids is 1. The lowest BCUT2D eigenvalue weighted by molar-refractivity contribution is -0.169. The van der Waals surface area contributed by atoms with E-state index in [0.717, 1.165) is 5.56 Å². The van der Waals surface area contributed by atoms with Crippen LogP contribution in [0.1, 0.15) is 63.9 Å². The molecular formula is C25H32N2O6S. The Kier molecular flexibility index (Phi) is 7.65. The van der Waals surface area contributed by atoms with E-state index in [1.807, 2.05) is 44.2 Å². The van der Waals surface area contributed by atoms with E-state index in [4.69, 9.17) is 9.47 Å². The van der Waals surface area contributed by atoms with Crippen LogP contribution in [-0.4, -0.2) is 44.2 Å². The van der Waals surface area contributed by atoms with E-state index in [0.29, 0.717) is 4.88 Å². The fraction of sp³-hybridized carbons (Fsp3) is 0.520. The van der Waals surface area contributed by atoms with Crippen molar-refractivity contribution in [3.05, 3.63) is 52.5 Å². The zero-order valence-corrected chi connectivity index (χ0v) is 21.0. The first kappa shape index (κ1) is 25.7. The Hall–Kier alpha value is -2.94. The van der Waals surface area contributed by atoms with Crippen molar-refractivity contribution in [3.63, 3.8) is 0 Å². The van der Waals surface area contributed by atoms with Gasteiger partial charge in [0, 0.05) is 11.1 Å². The third-order valence-electron chi connectivity index (χ3n) is 5.66. The Morgan fingerprint density at radius 1 is 1.24 bits per heavy atom. The molecule has 34 heavy (non-hydrogen) atoms. The lowest BCUT2D eigenvalue weighted by Gasteiger charge is -2.40. The number of hydrogen-bond donors (Lipinski definition) is 1. The van der Waals surface area contributed by atoms with Gasteiger partial charge in [0.1, 0.15) is 17.7 Å². The van der Waals surface area contributed by atoms with Crippen molar-refractivity contribution in [2.24, 2.45) is 11.8 Å². The van der Waals surface area contributed by atoms with Crippen LogP contribution < -0.4 is 0 Å². The highest BCUT2D eigenvalue weighted by atomic mass is 32.1. The molecule has 1 saturated heterocycles. The molecule has 3 rings (SSSR count). The number of rotatable bonds is 7. The van der Waals surface area contributed by atoms with Crippen LogP contribution >= 0.6 is 11.3 Å². The summed E-state index contributed by atoms with van der Waals surface area (Å²) >= 11 is 1.25. The average molecular weight is 489 g/mol. The predicted molar refractivity (Wildman–Crippen MR) is 127 cm³/mol. The summed E-state index contributed by atoms with van der Waals surface area (Å²) in [6.45, 7) is 9.09. The molecule has 0 spiro atoms. The van der Waals surface area contributed by atoms with Crippen LogP contribution in [0.2, 0.25) is 0 Å². The van der Waals surface area contributed by atoms with Gasteiger partial charge in [0.05, 0.1) is 17.5 Å². The molecule has 3 atom stereocenters. The molecule has 1 aliphatic heterocycles. The monoisotopic (exact) mass is 488 g/mol. The van der Waals surface area contributed by atoms with Gasteiger partial charge in [-0.3, -0.25) is 14.7 Å². The summed E-state index contributed by atoms with van der Waals surface area (Å²) in [7, 11) is 0. The van der Waals surface area contributed by atoms with E-state index < -0.39 is 41.1 Å². The van der Waals surface area contributed by atoms with Gasteiger partial charge in [-0.15, -0.1) is 11.3 Å². The van der Waals surface area contributed by atoms with Crippen LogP contribution in [0.4, 0.5) is 4.79 Å². The average Bonchev–Trinajstić information content (AvgIpc) is 3.38. The van der Waals surface area contributed by atoms with Gasteiger partial charge in [-0.1, -0.05) is 44.2 Å². The standard InChI is InChI=1S/C25H32N2O6S/c1-16(2)11-25(22(30)33-24(3,4)5)12-18(21(28)29)20(19-13-26-15-34-19)27(25)23(31)32-14-17-9-7-6-8-10-17/h6-10,13,15-16,18,20H,11-12,14H2,1-5H3,(H,28,29). The van der Waals surface area contributed by atoms with Crippen LogP contribution in [0.25, 0.3) is 0 Å². The SMILES string of the molecule is CC(C)CC1(C(=O)OC(C)(C)C)CC(C(=O)O)C(c2cncs2)N1C(=O)OCc1ccccc1. The third kappa shape index (κ3) is 5.58. The molecule has 1 aromatic heterocycles. The van der Waals surface area contributed by atoms with Gasteiger partial charge in [-0.25, -0.2) is 9.59 Å². The van der Waals surface area contributed by atoms with Gasteiger partial charge in [0.25, 0.3) is 0 Å². The van der Waals surface area contributed by atoms with Crippen LogP contribution in [-0.2, 0) is 25.7 Å². The minimum absolute atomic E-state index is 0.00456. The summed E-state index contributed by atoms with van der Waals surface area (Å²) in [5, 5.41) is 10.1. The molecule has 1 aromatic carbocycles. The Morgan fingerprint density at radius 3 is 2.44 bits per heavy atom. The molecular weight excluding hydrogens is 456 g/mol. The quantitative estimate of drug-likeness (QED) is 0.543. The molecule has 0 saturated carbocycles. The summed E-state index contributed by atoms with van der Waals surface area (Å²) < 4.78 is 11.4. The first-order chi connectivity index (χ1) is 15.9. The predicted octanol–water partition coefficient (Wildman–Crippen LogP) is 5.05. The lowest BCUT2D eigenvalue weighted by Crippen LogP contribution is -2.56. The van der Waals surface area contributed by atoms with Crippen molar-refractivity contribution >= 4 is 29.4 Å². The lowest BCUT2D eigenvalue weighted by atomic mass is 9.83. The van der Waals surface area contributed by atoms with E-state index in [1.165, 1.54) is 16.2 Å². The molecule has 184 valence electrons. The highest BCUT2D eigenvalue weighted by Crippen LogP contribution is 2.51. The van der Waals surface area contributed by atoms with Crippen molar-refractivity contribution in [1.29, 1.82) is 0 Å². The first-order valence-electron chi connectivity index (χ1n) is 11.3. The number of carbonyl (C=O) groups excluding carboxylic acids is 2. The number of likely N-dealkylation sites (tertiary alicyclic amines) is 1. The number of benzene rings is 1. The Labute approximate surface area is 203 Å². The van der Waals surface area contributed by atoms with E-state index in [-0.39, 0.29) is 25.4 Å². The Bertz CT molecular complexity index is 1000. The molecule has 1 fully saturated rings. The second-order valence-corrected chi connectivity index (χ2v) is 11.0. The number of carboxylic acids is 1. The maximum absolute atomic E-state index is 13.7. The first-order valence-corrected chi connectivity index (χ1v) is 12.2. The Balaban J connectivity index is 2.10. The zero-order valence-electron chi connectivity index (χ0n) is 20.2. The summed E-state index contributed by atoms with van der Waals surface area (Å²) in [6.07, 6.45) is 0.959. The van der Waals surface area contributed by atoms with Crippen molar-refractivity contribution < 1.29 is 29.0 Å². The molecule has 0 aliphatic carbocycles. The van der Waals surface area contributed by atoms with Gasteiger partial charge >= 0.3 is 18.0 Å². The molecule has 2 heterocycles. The molecule has 8 nitrogen and oxygen atoms in total. The van der Waals surface area contributed by atoms with Crippen molar-refractivity contribution in [2.45, 2.75) is 71.2 Å². The number of ether oxygens (including phenoxy) is 2. The summed E-state index contributed by atoms with van der Waals surface area (Å²) in [6, 6.07) is 8.28. The molecule has 1 amide bonds. The minimum Gasteiger partial charge on any atom is -0.481 e. The van der Waals surface area contributed by atoms with Crippen molar-refractivity contribution in [2.75, 3.05) is 0 Å². The number of amides is 1. The van der Waals surface area contributed by atoms with Gasteiger partial charge < -0.3 is 14.6 Å². The fourth-order valence-electron chi connectivity index (χ4n) is 4.51. The van der Waals surface area contributed by atoms with Crippen molar-refractivity contribution in [3.8, 4) is 0 Å². The summed E-state index contributed by atoms with van der Waals surface area (Å²) in [5.74, 6) is -2.75. The number of nitrogens with zero attached hydrogens (tertiary/aromatic N) is 2. The molecule has 1 aliphatic rings. The van der Waals surface area contributed by atoms with Gasteiger partial charge in [-0.2, -0.15) is 0 Å². The van der Waals surface area contributed by atoms with E-state index in [2.05, 4.69) is 4.98 Å². The Morgan fingerprint density at radius 2 is 1.91 bits per heavy atom. The van der Waals surface area contributed by atoms with Gasteiger partial charge in [0.2, 0.25) is 0 Å². The van der Waals surface area contributed by atoms with E-state index in [1.54, 1.807) is 32.5 Å². The highest BCUT2D eigenvalue weighted by Gasteiger charge is 2.62. The zero-order chi connectivity index (χ0) is 25.1. The maximum atomic E-state index is 13.7. The summed E-state index contributed by atoms with van der Waals surface area (Å²) in [5.41, 5.74) is 0.0536. The van der Waals surface area contributed by atoms with Crippen LogP contribution in [0.5, 0.6) is 0 Å². The second kappa shape index (κ2) is 10.1. The number of hydrogen-bond acceptors (Lipinski definition) is 7. The van der Waals surface area contributed by atoms with Crippen molar-refractivity contribution in [1.82, 2.24) is 9.88 Å². The van der Waals surface area contributed by atoms with Gasteiger partial charge in [0.15, 0.2) is 0 Å². The maximum Gasteiger partial charge on any atom is 0.411 e. The number of thiazole rings is 1. The number of esters is 1. The highest BCUT2D eigenvalue weighted by molar-refractivity contribution is 7.09. The van der Waals surface area contributed by atoms with E-state index in [9.17, 15) is 19.5 Å². The van der Waals surface area contributed by atoms with Crippen LogP contribution in [0.3, 0.4) is 0 Å². The third-order valence-corrected chi connectivity index (χ3v) is 6.51. The molecule has 3 unspecified atom stereocenters. The molecule has 0 radical (unpaired) electrons. The van der Waals surface area contributed by atoms with E-state index >= 15 is 0 Å². The minimum atomic E-state index is -1.49. The second-order valence-electron chi connectivity index (χ2n) is 10.0. The molecule has 2 aromatic rings. The number of carbonyl (C=O) groups is 3. The molecule has 0 bridgehead atoms. The largest absolute Gasteiger partial charge is 0.481 e. The number of aromatic nitrogens is 1. The number of carboxylic acid groups (broad SMARTS) is 1. The summed E-state index contributed by atoms with van der Waals surface area (Å²) in [4.78, 5) is 45.7. The smallest absolute Gasteiger partial charge is 0.411 e. The van der Waals surface area contributed by atoms with Gasteiger partial charge in [-0.05, 0) is 45.1 Å². The topological polar surface area (TPSA) is 106 Å². The van der Waals surface area contributed by atoms with Crippen LogP contribution in [0.15, 0.2) is 42.0 Å². The fourth-order valence-corrected chi connectivity index (χ4v) is 5.29. The molecule has 9 heteroatoms. The van der Waals surface area contributed by atoms with Crippen LogP contribution in [0, 0.1) is 11.8 Å². The normalized spacial score (nSPS) is 22.6. The molecule has 1 N–H and O–H groups in total.